The summed E-state index contributed by atoms with van der Waals surface area (Å²) in [6.07, 6.45) is 0.0461. The number of carbonyl (C=O) groups excluding carboxylic acids is 3. The molecule has 2 aromatic carbocycles. The number of benzene rings is 2. The summed E-state index contributed by atoms with van der Waals surface area (Å²) in [7, 11) is -3.95. The molecule has 8 nitrogen and oxygen atoms in total. The van der Waals surface area contributed by atoms with Gasteiger partial charge in [0.1, 0.15) is 10.9 Å². The number of hydrogen-bond donors (Lipinski definition) is 1. The zero-order chi connectivity index (χ0) is 25.9. The van der Waals surface area contributed by atoms with Crippen molar-refractivity contribution in [2.75, 3.05) is 6.54 Å². The molecule has 1 N–H and O–H groups in total. The molecule has 1 aliphatic rings. The molecule has 0 bridgehead atoms. The van der Waals surface area contributed by atoms with E-state index < -0.39 is 22.0 Å². The van der Waals surface area contributed by atoms with Gasteiger partial charge in [0, 0.05) is 25.6 Å². The molecular weight excluding hydrogens is 513 g/mol. The van der Waals surface area contributed by atoms with Crippen molar-refractivity contribution >= 4 is 50.9 Å². The SMILES string of the molecule is CC(C)NC(=O)[C@H](C)N(Cc1ccc(Cl)c(Cl)c1)C(=O)CCCN1C(=O)c2ccccc2S1(=O)=O. The molecule has 35 heavy (non-hydrogen) atoms. The van der Waals surface area contributed by atoms with Gasteiger partial charge in [-0.05, 0) is 57.0 Å². The molecule has 1 heterocycles. The summed E-state index contributed by atoms with van der Waals surface area (Å²) in [5.41, 5.74) is 0.809. The lowest BCUT2D eigenvalue weighted by Gasteiger charge is -2.29. The van der Waals surface area contributed by atoms with Gasteiger partial charge in [-0.1, -0.05) is 41.4 Å². The Labute approximate surface area is 215 Å². The van der Waals surface area contributed by atoms with Crippen LogP contribution in [0.3, 0.4) is 0 Å². The Morgan fingerprint density at radius 1 is 1.06 bits per heavy atom. The van der Waals surface area contributed by atoms with Gasteiger partial charge < -0.3 is 10.2 Å². The summed E-state index contributed by atoms with van der Waals surface area (Å²) < 4.78 is 26.3. The van der Waals surface area contributed by atoms with Crippen LogP contribution >= 0.6 is 23.2 Å². The van der Waals surface area contributed by atoms with Crippen LogP contribution in [0.5, 0.6) is 0 Å². The Bertz CT molecular complexity index is 1250. The highest BCUT2D eigenvalue weighted by molar-refractivity contribution is 7.90. The van der Waals surface area contributed by atoms with Crippen LogP contribution in [-0.4, -0.2) is 54.0 Å². The lowest BCUT2D eigenvalue weighted by Crippen LogP contribution is -2.49. The molecule has 0 spiro atoms. The maximum absolute atomic E-state index is 13.2. The van der Waals surface area contributed by atoms with E-state index in [-0.39, 0.29) is 54.2 Å². The lowest BCUT2D eigenvalue weighted by atomic mass is 10.1. The van der Waals surface area contributed by atoms with Crippen LogP contribution in [0.1, 0.15) is 49.5 Å². The van der Waals surface area contributed by atoms with Gasteiger partial charge in [0.05, 0.1) is 15.6 Å². The average Bonchev–Trinajstić information content (AvgIpc) is 2.99. The van der Waals surface area contributed by atoms with Gasteiger partial charge in [0.15, 0.2) is 0 Å². The van der Waals surface area contributed by atoms with Gasteiger partial charge >= 0.3 is 0 Å². The maximum Gasteiger partial charge on any atom is 0.269 e. The average molecular weight is 540 g/mol. The van der Waals surface area contributed by atoms with Crippen molar-refractivity contribution < 1.29 is 22.8 Å². The standard InChI is InChI=1S/C24H27Cl2N3O5S/c1-15(2)27-23(31)16(3)28(14-17-10-11-19(25)20(26)13-17)22(30)9-6-12-29-24(32)18-7-4-5-8-21(18)35(29,33)34/h4-5,7-8,10-11,13,15-16H,6,9,12,14H2,1-3H3,(H,27,31)/t16-/m0/s1. The van der Waals surface area contributed by atoms with E-state index in [1.54, 1.807) is 37.3 Å². The number of halogens is 2. The third-order valence-electron chi connectivity index (χ3n) is 5.60. The first-order valence-electron chi connectivity index (χ1n) is 11.1. The first-order valence-corrected chi connectivity index (χ1v) is 13.3. The minimum atomic E-state index is -3.95. The number of nitrogens with zero attached hydrogens (tertiary/aromatic N) is 2. The third kappa shape index (κ3) is 5.97. The van der Waals surface area contributed by atoms with Crippen LogP contribution in [0.2, 0.25) is 10.0 Å². The summed E-state index contributed by atoms with van der Waals surface area (Å²) in [4.78, 5) is 39.8. The molecule has 0 saturated carbocycles. The van der Waals surface area contributed by atoms with E-state index in [2.05, 4.69) is 5.32 Å². The van der Waals surface area contributed by atoms with E-state index in [1.807, 2.05) is 13.8 Å². The van der Waals surface area contributed by atoms with Gasteiger partial charge in [-0.3, -0.25) is 14.4 Å². The fraction of sp³-hybridized carbons (Fsp3) is 0.375. The van der Waals surface area contributed by atoms with Crippen molar-refractivity contribution in [3.8, 4) is 0 Å². The Kier molecular flexibility index (Phi) is 8.46. The molecule has 1 atom stereocenters. The Morgan fingerprint density at radius 2 is 1.74 bits per heavy atom. The molecule has 0 fully saturated rings. The zero-order valence-electron chi connectivity index (χ0n) is 19.6. The minimum Gasteiger partial charge on any atom is -0.352 e. The quantitative estimate of drug-likeness (QED) is 0.520. The molecule has 11 heteroatoms. The van der Waals surface area contributed by atoms with Crippen molar-refractivity contribution in [3.05, 3.63) is 63.6 Å². The summed E-state index contributed by atoms with van der Waals surface area (Å²) in [5, 5.41) is 3.50. The van der Waals surface area contributed by atoms with Gasteiger partial charge in [0.2, 0.25) is 11.8 Å². The molecule has 0 aromatic heterocycles. The van der Waals surface area contributed by atoms with E-state index in [0.717, 1.165) is 4.31 Å². The highest BCUT2D eigenvalue weighted by Crippen LogP contribution is 2.30. The number of amides is 3. The Hall–Kier alpha value is -2.62. The topological polar surface area (TPSA) is 104 Å². The maximum atomic E-state index is 13.2. The number of nitrogens with one attached hydrogen (secondary N) is 1. The first kappa shape index (κ1) is 27.0. The largest absolute Gasteiger partial charge is 0.352 e. The summed E-state index contributed by atoms with van der Waals surface area (Å²) in [6.45, 7) is 5.23. The fourth-order valence-corrected chi connectivity index (χ4v) is 5.72. The van der Waals surface area contributed by atoms with Crippen LogP contribution in [0.4, 0.5) is 0 Å². The third-order valence-corrected chi connectivity index (χ3v) is 8.18. The number of hydrogen-bond acceptors (Lipinski definition) is 5. The van der Waals surface area contributed by atoms with Crippen LogP contribution in [0.25, 0.3) is 0 Å². The summed E-state index contributed by atoms with van der Waals surface area (Å²) >= 11 is 12.1. The molecular formula is C24H27Cl2N3O5S. The number of fused-ring (bicyclic) bond motifs is 1. The van der Waals surface area contributed by atoms with Crippen molar-refractivity contribution in [1.82, 2.24) is 14.5 Å². The summed E-state index contributed by atoms with van der Waals surface area (Å²) in [6, 6.07) is 10.1. The first-order chi connectivity index (χ1) is 16.4. The predicted molar refractivity (Wildman–Crippen MR) is 134 cm³/mol. The predicted octanol–water partition coefficient (Wildman–Crippen LogP) is 3.86. The van der Waals surface area contributed by atoms with Crippen LogP contribution in [0, 0.1) is 0 Å². The number of sulfonamides is 1. The molecule has 2 aromatic rings. The molecule has 0 radical (unpaired) electrons. The molecule has 0 saturated heterocycles. The smallest absolute Gasteiger partial charge is 0.269 e. The second kappa shape index (κ2) is 11.0. The van der Waals surface area contributed by atoms with Crippen LogP contribution < -0.4 is 5.32 Å². The minimum absolute atomic E-state index is 0.0310. The van der Waals surface area contributed by atoms with Crippen LogP contribution in [-0.2, 0) is 26.2 Å². The van der Waals surface area contributed by atoms with Crippen molar-refractivity contribution in [1.29, 1.82) is 0 Å². The van der Waals surface area contributed by atoms with E-state index in [0.29, 0.717) is 15.6 Å². The molecule has 3 amide bonds. The van der Waals surface area contributed by atoms with Crippen LogP contribution in [0.15, 0.2) is 47.4 Å². The Morgan fingerprint density at radius 3 is 2.37 bits per heavy atom. The van der Waals surface area contributed by atoms with Crippen molar-refractivity contribution in [3.63, 3.8) is 0 Å². The zero-order valence-corrected chi connectivity index (χ0v) is 22.0. The van der Waals surface area contributed by atoms with Gasteiger partial charge in [-0.2, -0.15) is 0 Å². The highest BCUT2D eigenvalue weighted by Gasteiger charge is 2.40. The van der Waals surface area contributed by atoms with Gasteiger partial charge in [-0.15, -0.1) is 0 Å². The second-order valence-corrected chi connectivity index (χ2v) is 11.2. The van der Waals surface area contributed by atoms with E-state index in [9.17, 15) is 22.8 Å². The number of rotatable bonds is 9. The van der Waals surface area contributed by atoms with Crippen molar-refractivity contribution in [2.45, 2.75) is 57.1 Å². The molecule has 1 aliphatic heterocycles. The molecule has 0 aliphatic carbocycles. The number of carbonyl (C=O) groups is 3. The van der Waals surface area contributed by atoms with E-state index in [4.69, 9.17) is 23.2 Å². The molecule has 3 rings (SSSR count). The lowest BCUT2D eigenvalue weighted by molar-refractivity contribution is -0.140. The van der Waals surface area contributed by atoms with E-state index >= 15 is 0 Å². The second-order valence-electron chi connectivity index (χ2n) is 8.59. The monoisotopic (exact) mass is 539 g/mol. The van der Waals surface area contributed by atoms with E-state index in [1.165, 1.54) is 17.0 Å². The molecule has 188 valence electrons. The summed E-state index contributed by atoms with van der Waals surface area (Å²) in [5.74, 6) is -1.28. The highest BCUT2D eigenvalue weighted by atomic mass is 35.5. The van der Waals surface area contributed by atoms with Gasteiger partial charge in [0.25, 0.3) is 15.9 Å². The van der Waals surface area contributed by atoms with Gasteiger partial charge in [-0.25, -0.2) is 12.7 Å². The Balaban J connectivity index is 1.73. The normalized spacial score (nSPS) is 15.1. The molecule has 0 unspecified atom stereocenters. The van der Waals surface area contributed by atoms with Crippen molar-refractivity contribution in [2.24, 2.45) is 0 Å². The fourth-order valence-electron chi connectivity index (χ4n) is 3.79.